The van der Waals surface area contributed by atoms with E-state index in [0.717, 1.165) is 0 Å². The van der Waals surface area contributed by atoms with Crippen LogP contribution >= 0.6 is 0 Å². The number of aliphatic hydroxyl groups is 1. The summed E-state index contributed by atoms with van der Waals surface area (Å²) in [5, 5.41) is 13.1. The molecule has 0 aliphatic rings. The summed E-state index contributed by atoms with van der Waals surface area (Å²) < 4.78 is 4.71. The molecule has 0 aliphatic heterocycles. The Balaban J connectivity index is 3.94. The van der Waals surface area contributed by atoms with Crippen molar-refractivity contribution in [1.29, 1.82) is 0 Å². The van der Waals surface area contributed by atoms with Crippen LogP contribution in [-0.4, -0.2) is 35.5 Å². The predicted molar refractivity (Wildman–Crippen MR) is 54.0 cm³/mol. The lowest BCUT2D eigenvalue weighted by Gasteiger charge is -2.15. The molecule has 2 N–H and O–H groups in total. The van der Waals surface area contributed by atoms with Crippen LogP contribution in [0, 0.1) is 0 Å². The Kier molecular flexibility index (Phi) is 5.15. The van der Waals surface area contributed by atoms with Crippen LogP contribution in [0.15, 0.2) is 5.10 Å². The zero-order chi connectivity index (χ0) is 11.2. The Morgan fingerprint density at radius 1 is 1.57 bits per heavy atom. The number of rotatable bonds is 5. The minimum atomic E-state index is -0.849. The molecule has 5 heteroatoms. The smallest absolute Gasteiger partial charge is 0.354 e. The van der Waals surface area contributed by atoms with Gasteiger partial charge in [0, 0.05) is 0 Å². The molecule has 0 bridgehead atoms. The van der Waals surface area contributed by atoms with E-state index >= 15 is 0 Å². The summed E-state index contributed by atoms with van der Waals surface area (Å²) in [6.45, 7) is 7.19. The summed E-state index contributed by atoms with van der Waals surface area (Å²) in [5.41, 5.74) is 2.00. The van der Waals surface area contributed by atoms with Crippen LogP contribution in [0.1, 0.15) is 27.7 Å². The highest BCUT2D eigenvalue weighted by atomic mass is 16.5. The summed E-state index contributed by atoms with van der Waals surface area (Å²) in [6.07, 6.45) is 0. The molecular formula is C9H18N2O3. The average molecular weight is 202 g/mol. The van der Waals surface area contributed by atoms with Gasteiger partial charge in [-0.15, -0.1) is 0 Å². The Morgan fingerprint density at radius 3 is 2.57 bits per heavy atom. The molecule has 0 unspecified atom stereocenters. The van der Waals surface area contributed by atoms with E-state index in [1.165, 1.54) is 0 Å². The van der Waals surface area contributed by atoms with Crippen molar-refractivity contribution in [3.8, 4) is 0 Å². The first-order chi connectivity index (χ1) is 6.37. The lowest BCUT2D eigenvalue weighted by atomic mass is 10.1. The van der Waals surface area contributed by atoms with Crippen molar-refractivity contribution in [1.82, 2.24) is 5.43 Å². The van der Waals surface area contributed by atoms with Crippen molar-refractivity contribution >= 4 is 11.7 Å². The molecule has 0 aromatic heterocycles. The Hall–Kier alpha value is -1.10. The van der Waals surface area contributed by atoms with E-state index in [2.05, 4.69) is 10.5 Å². The van der Waals surface area contributed by atoms with Gasteiger partial charge in [0.25, 0.3) is 0 Å². The van der Waals surface area contributed by atoms with E-state index < -0.39 is 11.6 Å². The fourth-order valence-corrected chi connectivity index (χ4v) is 0.633. The topological polar surface area (TPSA) is 70.9 Å². The lowest BCUT2D eigenvalue weighted by Crippen LogP contribution is -2.33. The van der Waals surface area contributed by atoms with Gasteiger partial charge in [-0.2, -0.15) is 5.10 Å². The van der Waals surface area contributed by atoms with Crippen LogP contribution in [0.25, 0.3) is 0 Å². The second-order valence-electron chi connectivity index (χ2n) is 3.57. The SMILES string of the molecule is CCOC(=O)/C(C)=N/NCC(C)(C)O. The van der Waals surface area contributed by atoms with Gasteiger partial charge in [-0.05, 0) is 27.7 Å². The number of nitrogens with zero attached hydrogens (tertiary/aromatic N) is 1. The normalized spacial score (nSPS) is 12.5. The van der Waals surface area contributed by atoms with Crippen LogP contribution in [-0.2, 0) is 9.53 Å². The number of esters is 1. The molecule has 0 atom stereocenters. The van der Waals surface area contributed by atoms with Gasteiger partial charge in [0.15, 0.2) is 0 Å². The molecule has 82 valence electrons. The predicted octanol–water partition coefficient (Wildman–Crippen LogP) is 0.286. The Labute approximate surface area is 84.1 Å². The van der Waals surface area contributed by atoms with Crippen molar-refractivity contribution in [3.63, 3.8) is 0 Å². The molecule has 0 saturated carbocycles. The molecule has 0 rings (SSSR count). The minimum absolute atomic E-state index is 0.246. The van der Waals surface area contributed by atoms with Crippen LogP contribution in [0.5, 0.6) is 0 Å². The van der Waals surface area contributed by atoms with Crippen molar-refractivity contribution in [2.45, 2.75) is 33.3 Å². The van der Waals surface area contributed by atoms with Crippen molar-refractivity contribution < 1.29 is 14.6 Å². The summed E-state index contributed by atoms with van der Waals surface area (Å²) in [4.78, 5) is 11.0. The number of hydrazone groups is 1. The number of carbonyl (C=O) groups excluding carboxylic acids is 1. The largest absolute Gasteiger partial charge is 0.461 e. The molecule has 0 heterocycles. The molecular weight excluding hydrogens is 184 g/mol. The summed E-state index contributed by atoms with van der Waals surface area (Å²) >= 11 is 0. The molecule has 0 saturated heterocycles. The standard InChI is InChI=1S/C9H18N2O3/c1-5-14-8(12)7(2)11-10-6-9(3,4)13/h10,13H,5-6H2,1-4H3/b11-7+. The van der Waals surface area contributed by atoms with E-state index in [1.54, 1.807) is 27.7 Å². The fourth-order valence-electron chi connectivity index (χ4n) is 0.633. The van der Waals surface area contributed by atoms with E-state index in [0.29, 0.717) is 6.61 Å². The minimum Gasteiger partial charge on any atom is -0.461 e. The lowest BCUT2D eigenvalue weighted by molar-refractivity contribution is -0.135. The number of nitrogens with one attached hydrogen (secondary N) is 1. The molecule has 0 radical (unpaired) electrons. The zero-order valence-electron chi connectivity index (χ0n) is 9.13. The summed E-state index contributed by atoms with van der Waals surface area (Å²) in [5.74, 6) is -0.448. The highest BCUT2D eigenvalue weighted by Gasteiger charge is 2.11. The number of carbonyl (C=O) groups is 1. The maximum Gasteiger partial charge on any atom is 0.354 e. The van der Waals surface area contributed by atoms with Gasteiger partial charge < -0.3 is 15.3 Å². The molecule has 0 amide bonds. The summed E-state index contributed by atoms with van der Waals surface area (Å²) in [6, 6.07) is 0. The first kappa shape index (κ1) is 12.9. The highest BCUT2D eigenvalue weighted by molar-refractivity contribution is 6.35. The second kappa shape index (κ2) is 5.59. The number of ether oxygens (including phenoxy) is 1. The Bertz CT molecular complexity index is 219. The van der Waals surface area contributed by atoms with E-state index in [4.69, 9.17) is 4.74 Å². The van der Waals surface area contributed by atoms with Gasteiger partial charge in [0.2, 0.25) is 0 Å². The van der Waals surface area contributed by atoms with Crippen LogP contribution in [0.2, 0.25) is 0 Å². The van der Waals surface area contributed by atoms with E-state index in [1.807, 2.05) is 0 Å². The third-order valence-corrected chi connectivity index (χ3v) is 1.33. The Morgan fingerprint density at radius 2 is 2.14 bits per heavy atom. The first-order valence-electron chi connectivity index (χ1n) is 4.53. The monoisotopic (exact) mass is 202 g/mol. The molecule has 0 spiro atoms. The summed E-state index contributed by atoms with van der Waals surface area (Å²) in [7, 11) is 0. The molecule has 0 aliphatic carbocycles. The molecule has 0 fully saturated rings. The zero-order valence-corrected chi connectivity index (χ0v) is 9.13. The second-order valence-corrected chi connectivity index (χ2v) is 3.57. The van der Waals surface area contributed by atoms with Crippen LogP contribution < -0.4 is 5.43 Å². The highest BCUT2D eigenvalue weighted by Crippen LogP contribution is 1.96. The first-order valence-corrected chi connectivity index (χ1v) is 4.53. The third-order valence-electron chi connectivity index (χ3n) is 1.33. The van der Waals surface area contributed by atoms with E-state index in [-0.39, 0.29) is 12.3 Å². The van der Waals surface area contributed by atoms with Crippen LogP contribution in [0.4, 0.5) is 0 Å². The van der Waals surface area contributed by atoms with Crippen molar-refractivity contribution in [2.75, 3.05) is 13.2 Å². The molecule has 5 nitrogen and oxygen atoms in total. The molecule has 0 aromatic rings. The van der Waals surface area contributed by atoms with Gasteiger partial charge in [-0.25, -0.2) is 4.79 Å². The maximum absolute atomic E-state index is 11.0. The third kappa shape index (κ3) is 6.42. The van der Waals surface area contributed by atoms with Crippen LogP contribution in [0.3, 0.4) is 0 Å². The maximum atomic E-state index is 11.0. The van der Waals surface area contributed by atoms with Gasteiger partial charge >= 0.3 is 5.97 Å². The quantitative estimate of drug-likeness (QED) is 0.382. The number of hydrogen-bond donors (Lipinski definition) is 2. The molecule has 0 aromatic carbocycles. The van der Waals surface area contributed by atoms with E-state index in [9.17, 15) is 9.90 Å². The van der Waals surface area contributed by atoms with Crippen molar-refractivity contribution in [2.24, 2.45) is 5.10 Å². The van der Waals surface area contributed by atoms with Gasteiger partial charge in [0.1, 0.15) is 5.71 Å². The van der Waals surface area contributed by atoms with Gasteiger partial charge in [0.05, 0.1) is 18.8 Å². The number of hydrogen-bond acceptors (Lipinski definition) is 5. The molecule has 14 heavy (non-hydrogen) atoms. The van der Waals surface area contributed by atoms with Crippen molar-refractivity contribution in [3.05, 3.63) is 0 Å². The fraction of sp³-hybridized carbons (Fsp3) is 0.778. The van der Waals surface area contributed by atoms with Gasteiger partial charge in [-0.1, -0.05) is 0 Å². The van der Waals surface area contributed by atoms with Gasteiger partial charge in [-0.3, -0.25) is 0 Å². The average Bonchev–Trinajstić information content (AvgIpc) is 2.02.